The molecule has 4 rings (SSSR count). The van der Waals surface area contributed by atoms with Crippen molar-refractivity contribution in [2.45, 2.75) is 45.6 Å². The summed E-state index contributed by atoms with van der Waals surface area (Å²) in [6.07, 6.45) is 5.33. The Hall–Kier alpha value is -1.43. The van der Waals surface area contributed by atoms with Gasteiger partial charge in [-0.15, -0.1) is 0 Å². The summed E-state index contributed by atoms with van der Waals surface area (Å²) in [6, 6.07) is 8.85. The van der Waals surface area contributed by atoms with Gasteiger partial charge in [-0.1, -0.05) is 29.8 Å². The Morgan fingerprint density at radius 2 is 2.07 bits per heavy atom. The molecule has 1 spiro atoms. The van der Waals surface area contributed by atoms with E-state index < -0.39 is 0 Å². The summed E-state index contributed by atoms with van der Waals surface area (Å²) in [7, 11) is 0. The highest BCUT2D eigenvalue weighted by atomic mass is 16.7. The summed E-state index contributed by atoms with van der Waals surface area (Å²) in [5, 5.41) is 1.95. The van der Waals surface area contributed by atoms with Gasteiger partial charge in [-0.05, 0) is 44.7 Å². The highest BCUT2D eigenvalue weighted by Gasteiger charge is 2.42. The number of rotatable bonds is 5. The maximum Gasteiger partial charge on any atom is 0.223 e. The molecule has 0 aromatic heterocycles. The smallest absolute Gasteiger partial charge is 0.223 e. The van der Waals surface area contributed by atoms with E-state index in [9.17, 15) is 4.79 Å². The second-order valence-electron chi connectivity index (χ2n) is 8.73. The van der Waals surface area contributed by atoms with Gasteiger partial charge >= 0.3 is 0 Å². The molecule has 1 aromatic carbocycles. The molecule has 0 saturated carbocycles. The van der Waals surface area contributed by atoms with E-state index in [4.69, 9.17) is 4.84 Å². The molecule has 5 nitrogen and oxygen atoms in total. The van der Waals surface area contributed by atoms with Crippen LogP contribution < -0.4 is 0 Å². The minimum absolute atomic E-state index is 0.304. The molecule has 3 aliphatic heterocycles. The zero-order valence-electron chi connectivity index (χ0n) is 16.7. The first-order valence-corrected chi connectivity index (χ1v) is 10.6. The third kappa shape index (κ3) is 4.71. The van der Waals surface area contributed by atoms with E-state index in [2.05, 4.69) is 41.0 Å². The lowest BCUT2D eigenvalue weighted by Gasteiger charge is -2.40. The van der Waals surface area contributed by atoms with Gasteiger partial charge in [-0.3, -0.25) is 14.5 Å². The fourth-order valence-electron chi connectivity index (χ4n) is 5.05. The van der Waals surface area contributed by atoms with Gasteiger partial charge in [-0.2, -0.15) is 5.06 Å². The van der Waals surface area contributed by atoms with Crippen molar-refractivity contribution >= 4 is 5.91 Å². The van der Waals surface area contributed by atoms with Gasteiger partial charge in [0.1, 0.15) is 0 Å². The molecule has 1 amide bonds. The Morgan fingerprint density at radius 3 is 2.89 bits per heavy atom. The minimum atomic E-state index is 0.304. The Morgan fingerprint density at radius 1 is 1.15 bits per heavy atom. The summed E-state index contributed by atoms with van der Waals surface area (Å²) >= 11 is 0. The fourth-order valence-corrected chi connectivity index (χ4v) is 5.05. The number of hydroxylamine groups is 2. The maximum absolute atomic E-state index is 12.7. The number of piperidine rings is 1. The van der Waals surface area contributed by atoms with E-state index in [1.807, 2.05) is 5.06 Å². The average molecular weight is 372 g/mol. The topological polar surface area (TPSA) is 36.0 Å². The van der Waals surface area contributed by atoms with Gasteiger partial charge < -0.3 is 4.90 Å². The molecular weight excluding hydrogens is 338 g/mol. The van der Waals surface area contributed by atoms with Crippen LogP contribution in [-0.4, -0.2) is 66.6 Å². The van der Waals surface area contributed by atoms with Crippen LogP contribution in [0.5, 0.6) is 0 Å². The van der Waals surface area contributed by atoms with Gasteiger partial charge in [0.2, 0.25) is 5.91 Å². The molecule has 0 N–H and O–H groups in total. The number of amides is 1. The highest BCUT2D eigenvalue weighted by molar-refractivity contribution is 5.76. The van der Waals surface area contributed by atoms with Crippen LogP contribution in [0.3, 0.4) is 0 Å². The van der Waals surface area contributed by atoms with Crippen LogP contribution in [0, 0.1) is 12.3 Å². The lowest BCUT2D eigenvalue weighted by Crippen LogP contribution is -2.45. The standard InChI is InChI=1S/C22H33N3O2/c1-19-5-2-6-20(15-19)16-23-10-3-8-22(17-23)9-13-24(18-22)21(26)7-12-25-11-4-14-27-25/h2,5-6,15H,3-4,7-14,16-18H2,1H3/t22-/m1/s1. The van der Waals surface area contributed by atoms with Gasteiger partial charge in [-0.25, -0.2) is 0 Å². The summed E-state index contributed by atoms with van der Waals surface area (Å²) in [4.78, 5) is 22.9. The quantitative estimate of drug-likeness (QED) is 0.797. The summed E-state index contributed by atoms with van der Waals surface area (Å²) in [6.45, 7) is 9.87. The second-order valence-corrected chi connectivity index (χ2v) is 8.73. The van der Waals surface area contributed by atoms with Crippen LogP contribution in [-0.2, 0) is 16.2 Å². The largest absolute Gasteiger partial charge is 0.342 e. The van der Waals surface area contributed by atoms with Crippen LogP contribution in [0.4, 0.5) is 0 Å². The molecule has 1 aromatic rings. The molecule has 148 valence electrons. The first kappa shape index (κ1) is 18.9. The molecule has 5 heteroatoms. The van der Waals surface area contributed by atoms with Crippen molar-refractivity contribution in [3.63, 3.8) is 0 Å². The Labute approximate surface area is 163 Å². The van der Waals surface area contributed by atoms with Crippen LogP contribution in [0.2, 0.25) is 0 Å². The number of hydrogen-bond acceptors (Lipinski definition) is 4. The number of hydrogen-bond donors (Lipinski definition) is 0. The number of carbonyl (C=O) groups excluding carboxylic acids is 1. The van der Waals surface area contributed by atoms with Crippen LogP contribution in [0.25, 0.3) is 0 Å². The number of carbonyl (C=O) groups is 1. The minimum Gasteiger partial charge on any atom is -0.342 e. The number of nitrogens with zero attached hydrogens (tertiary/aromatic N) is 3. The molecule has 1 atom stereocenters. The van der Waals surface area contributed by atoms with Gasteiger partial charge in [0.15, 0.2) is 0 Å². The lowest BCUT2D eigenvalue weighted by molar-refractivity contribution is -0.138. The molecule has 0 unspecified atom stereocenters. The van der Waals surface area contributed by atoms with E-state index in [-0.39, 0.29) is 0 Å². The monoisotopic (exact) mass is 371 g/mol. The van der Waals surface area contributed by atoms with Crippen LogP contribution >= 0.6 is 0 Å². The van der Waals surface area contributed by atoms with E-state index in [1.165, 1.54) is 30.5 Å². The zero-order valence-corrected chi connectivity index (χ0v) is 16.7. The molecular formula is C22H33N3O2. The van der Waals surface area contributed by atoms with E-state index in [1.54, 1.807) is 0 Å². The van der Waals surface area contributed by atoms with Gasteiger partial charge in [0.05, 0.1) is 6.61 Å². The first-order valence-electron chi connectivity index (χ1n) is 10.6. The molecule has 0 aliphatic carbocycles. The Kier molecular flexibility index (Phi) is 5.81. The van der Waals surface area contributed by atoms with Gasteiger partial charge in [0.25, 0.3) is 0 Å². The molecule has 0 bridgehead atoms. The normalized spacial score (nSPS) is 26.9. The van der Waals surface area contributed by atoms with Crippen LogP contribution in [0.15, 0.2) is 24.3 Å². The first-order chi connectivity index (χ1) is 13.1. The molecule has 3 aliphatic rings. The lowest BCUT2D eigenvalue weighted by atomic mass is 9.79. The molecule has 27 heavy (non-hydrogen) atoms. The Bertz CT molecular complexity index is 659. The van der Waals surface area contributed by atoms with Crippen molar-refractivity contribution in [1.29, 1.82) is 0 Å². The maximum atomic E-state index is 12.7. The Balaban J connectivity index is 1.30. The van der Waals surface area contributed by atoms with Crippen molar-refractivity contribution < 1.29 is 9.63 Å². The van der Waals surface area contributed by atoms with E-state index in [0.717, 1.165) is 58.7 Å². The second kappa shape index (κ2) is 8.29. The third-order valence-corrected chi connectivity index (χ3v) is 6.42. The number of aryl methyl sites for hydroxylation is 1. The number of likely N-dealkylation sites (tertiary alicyclic amines) is 2. The summed E-state index contributed by atoms with van der Waals surface area (Å²) < 4.78 is 0. The van der Waals surface area contributed by atoms with Crippen molar-refractivity contribution in [3.05, 3.63) is 35.4 Å². The molecule has 3 fully saturated rings. The molecule has 3 heterocycles. The highest BCUT2D eigenvalue weighted by Crippen LogP contribution is 2.39. The van der Waals surface area contributed by atoms with Crippen molar-refractivity contribution in [1.82, 2.24) is 14.9 Å². The van der Waals surface area contributed by atoms with Gasteiger partial charge in [0, 0.05) is 51.1 Å². The average Bonchev–Trinajstić information content (AvgIpc) is 3.30. The SMILES string of the molecule is Cc1cccc(CN2CCC[C@@]3(CCN(C(=O)CCN4CCCO4)C3)C2)c1. The zero-order chi connectivity index (χ0) is 18.7. The fraction of sp³-hybridized carbons (Fsp3) is 0.682. The predicted octanol–water partition coefficient (Wildman–Crippen LogP) is 2.84. The molecule has 3 saturated heterocycles. The van der Waals surface area contributed by atoms with Crippen molar-refractivity contribution in [2.75, 3.05) is 45.9 Å². The van der Waals surface area contributed by atoms with Crippen molar-refractivity contribution in [2.24, 2.45) is 5.41 Å². The van der Waals surface area contributed by atoms with E-state index >= 15 is 0 Å². The summed E-state index contributed by atoms with van der Waals surface area (Å²) in [5.74, 6) is 0.304. The third-order valence-electron chi connectivity index (χ3n) is 6.42. The van der Waals surface area contributed by atoms with E-state index in [0.29, 0.717) is 17.7 Å². The number of benzene rings is 1. The summed E-state index contributed by atoms with van der Waals surface area (Å²) in [5.41, 5.74) is 3.05. The van der Waals surface area contributed by atoms with Crippen molar-refractivity contribution in [3.8, 4) is 0 Å². The molecule has 0 radical (unpaired) electrons. The predicted molar refractivity (Wildman–Crippen MR) is 106 cm³/mol. The van der Waals surface area contributed by atoms with Crippen LogP contribution in [0.1, 0.15) is 43.2 Å².